The van der Waals surface area contributed by atoms with Gasteiger partial charge in [-0.05, 0) is 73.1 Å². The van der Waals surface area contributed by atoms with Gasteiger partial charge in [0.25, 0.3) is 0 Å². The number of methoxy groups -OCH3 is 1. The zero-order valence-electron chi connectivity index (χ0n) is 20.3. The van der Waals surface area contributed by atoms with Crippen LogP contribution in [0.4, 0.5) is 0 Å². The number of piperidine rings is 1. The lowest BCUT2D eigenvalue weighted by molar-refractivity contribution is 0.203. The highest BCUT2D eigenvalue weighted by molar-refractivity contribution is 5.85. The van der Waals surface area contributed by atoms with Gasteiger partial charge in [0.15, 0.2) is 0 Å². The second-order valence-electron chi connectivity index (χ2n) is 9.88. The first kappa shape index (κ1) is 22.3. The molecule has 0 aliphatic carbocycles. The summed E-state index contributed by atoms with van der Waals surface area (Å²) in [6, 6.07) is 19.7. The van der Waals surface area contributed by atoms with Crippen LogP contribution in [0.3, 0.4) is 0 Å². The van der Waals surface area contributed by atoms with Crippen molar-refractivity contribution in [3.63, 3.8) is 0 Å². The van der Waals surface area contributed by atoms with Gasteiger partial charge in [-0.3, -0.25) is 4.98 Å². The topological polar surface area (TPSA) is 55.4 Å². The molecule has 3 aliphatic rings. The number of pyridine rings is 1. The second kappa shape index (κ2) is 9.48. The summed E-state index contributed by atoms with van der Waals surface area (Å²) in [6.07, 6.45) is 9.80. The van der Waals surface area contributed by atoms with Crippen molar-refractivity contribution < 1.29 is 9.47 Å². The Kier molecular flexibility index (Phi) is 6.05. The number of hydrogen-bond donors (Lipinski definition) is 2. The van der Waals surface area contributed by atoms with Gasteiger partial charge in [-0.2, -0.15) is 0 Å². The third kappa shape index (κ3) is 4.24. The summed E-state index contributed by atoms with van der Waals surface area (Å²) in [5, 5.41) is 7.73. The number of fused-ring (bicyclic) bond motifs is 4. The Morgan fingerprint density at radius 2 is 2.09 bits per heavy atom. The van der Waals surface area contributed by atoms with Crippen LogP contribution in [0.5, 0.6) is 11.5 Å². The van der Waals surface area contributed by atoms with Crippen LogP contribution in [-0.2, 0) is 18.6 Å². The summed E-state index contributed by atoms with van der Waals surface area (Å²) in [5.41, 5.74) is 7.49. The molecule has 5 nitrogen and oxygen atoms in total. The van der Waals surface area contributed by atoms with Crippen molar-refractivity contribution in [2.45, 2.75) is 50.3 Å². The minimum atomic E-state index is 0.0858. The van der Waals surface area contributed by atoms with Crippen LogP contribution in [0.15, 0.2) is 66.9 Å². The number of rotatable bonds is 4. The predicted molar refractivity (Wildman–Crippen MR) is 139 cm³/mol. The molecule has 5 heteroatoms. The molecule has 2 aromatic carbocycles. The molecule has 0 saturated carbocycles. The van der Waals surface area contributed by atoms with Gasteiger partial charge in [-0.15, -0.1) is 0 Å². The fourth-order valence-corrected chi connectivity index (χ4v) is 6.00. The van der Waals surface area contributed by atoms with Crippen LogP contribution < -0.4 is 20.1 Å². The van der Waals surface area contributed by atoms with Gasteiger partial charge < -0.3 is 20.1 Å². The molecular weight excluding hydrogens is 434 g/mol. The molecule has 4 heterocycles. The highest BCUT2D eigenvalue weighted by Gasteiger charge is 2.39. The van der Waals surface area contributed by atoms with E-state index in [0.717, 1.165) is 60.7 Å². The van der Waals surface area contributed by atoms with E-state index in [-0.39, 0.29) is 5.54 Å². The molecular formula is C30H33N3O2. The van der Waals surface area contributed by atoms with E-state index in [0.29, 0.717) is 12.6 Å². The molecule has 0 bridgehead atoms. The molecule has 180 valence electrons. The third-order valence-electron chi connectivity index (χ3n) is 7.89. The summed E-state index contributed by atoms with van der Waals surface area (Å²) in [7, 11) is 1.71. The first-order valence-electron chi connectivity index (χ1n) is 12.8. The average Bonchev–Trinajstić information content (AvgIpc) is 3.07. The summed E-state index contributed by atoms with van der Waals surface area (Å²) in [5.74, 6) is 1.72. The highest BCUT2D eigenvalue weighted by Crippen LogP contribution is 2.39. The van der Waals surface area contributed by atoms with Crippen molar-refractivity contribution >= 4 is 5.57 Å². The number of allylic oxidation sites excluding steroid dienone is 1. The maximum absolute atomic E-state index is 6.12. The lowest BCUT2D eigenvalue weighted by Gasteiger charge is -2.45. The predicted octanol–water partition coefficient (Wildman–Crippen LogP) is 4.99. The van der Waals surface area contributed by atoms with E-state index >= 15 is 0 Å². The summed E-state index contributed by atoms with van der Waals surface area (Å²) in [4.78, 5) is 4.60. The van der Waals surface area contributed by atoms with Crippen molar-refractivity contribution in [1.82, 2.24) is 15.6 Å². The summed E-state index contributed by atoms with van der Waals surface area (Å²) >= 11 is 0. The maximum Gasteiger partial charge on any atom is 0.131 e. The Hall–Kier alpha value is -3.15. The van der Waals surface area contributed by atoms with Crippen molar-refractivity contribution in [3.8, 4) is 11.5 Å². The van der Waals surface area contributed by atoms with E-state index < -0.39 is 0 Å². The molecule has 2 N–H and O–H groups in total. The zero-order chi connectivity index (χ0) is 23.7. The smallest absolute Gasteiger partial charge is 0.131 e. The molecule has 1 aromatic heterocycles. The lowest BCUT2D eigenvalue weighted by Crippen LogP contribution is -2.58. The Balaban J connectivity index is 1.20. The summed E-state index contributed by atoms with van der Waals surface area (Å²) < 4.78 is 11.6. The number of nitrogens with one attached hydrogen (secondary N) is 2. The molecule has 0 amide bonds. The SMILES string of the molecule is COc1ccc2c(c1)/C(=C/CCC1CCC3(CN1)NCCc1ccccc13)c1cccnc1CO2. The minimum Gasteiger partial charge on any atom is -0.497 e. The minimum absolute atomic E-state index is 0.0858. The number of aromatic nitrogens is 1. The molecule has 1 fully saturated rings. The van der Waals surface area contributed by atoms with E-state index in [9.17, 15) is 0 Å². The maximum atomic E-state index is 6.12. The van der Waals surface area contributed by atoms with E-state index in [1.165, 1.54) is 29.5 Å². The van der Waals surface area contributed by atoms with E-state index in [1.807, 2.05) is 24.4 Å². The number of nitrogens with zero attached hydrogens (tertiary/aromatic N) is 1. The molecule has 3 aromatic rings. The lowest BCUT2D eigenvalue weighted by atomic mass is 9.76. The van der Waals surface area contributed by atoms with Gasteiger partial charge in [0, 0.05) is 36.5 Å². The molecule has 2 atom stereocenters. The first-order valence-corrected chi connectivity index (χ1v) is 12.8. The van der Waals surface area contributed by atoms with Crippen LogP contribution >= 0.6 is 0 Å². The van der Waals surface area contributed by atoms with Gasteiger partial charge in [-0.1, -0.05) is 36.4 Å². The number of benzene rings is 2. The quantitative estimate of drug-likeness (QED) is 0.566. The van der Waals surface area contributed by atoms with Crippen molar-refractivity contribution in [2.24, 2.45) is 0 Å². The van der Waals surface area contributed by atoms with Crippen LogP contribution in [0.25, 0.3) is 5.57 Å². The van der Waals surface area contributed by atoms with Gasteiger partial charge in [0.05, 0.1) is 18.3 Å². The van der Waals surface area contributed by atoms with E-state index in [1.54, 1.807) is 7.11 Å². The van der Waals surface area contributed by atoms with Crippen molar-refractivity contribution in [3.05, 3.63) is 94.8 Å². The first-order chi connectivity index (χ1) is 17.3. The summed E-state index contributed by atoms with van der Waals surface area (Å²) in [6.45, 7) is 2.54. The average molecular weight is 468 g/mol. The fraction of sp³-hybridized carbons (Fsp3) is 0.367. The normalized spacial score (nSPS) is 24.1. The Labute approximate surface area is 207 Å². The largest absolute Gasteiger partial charge is 0.497 e. The van der Waals surface area contributed by atoms with Crippen molar-refractivity contribution in [2.75, 3.05) is 20.2 Å². The van der Waals surface area contributed by atoms with Crippen LogP contribution in [0, 0.1) is 0 Å². The number of hydrogen-bond acceptors (Lipinski definition) is 5. The van der Waals surface area contributed by atoms with Gasteiger partial charge in [-0.25, -0.2) is 0 Å². The second-order valence-corrected chi connectivity index (χ2v) is 9.88. The Bertz CT molecular complexity index is 1240. The van der Waals surface area contributed by atoms with Gasteiger partial charge in [0.2, 0.25) is 0 Å². The van der Waals surface area contributed by atoms with Gasteiger partial charge in [0.1, 0.15) is 18.1 Å². The van der Waals surface area contributed by atoms with Crippen LogP contribution in [-0.4, -0.2) is 31.2 Å². The fourth-order valence-electron chi connectivity index (χ4n) is 6.00. The van der Waals surface area contributed by atoms with E-state index in [4.69, 9.17) is 9.47 Å². The number of ether oxygens (including phenoxy) is 2. The Morgan fingerprint density at radius 3 is 2.97 bits per heavy atom. The van der Waals surface area contributed by atoms with E-state index in [2.05, 4.69) is 58.1 Å². The third-order valence-corrected chi connectivity index (χ3v) is 7.89. The Morgan fingerprint density at radius 1 is 1.14 bits per heavy atom. The highest BCUT2D eigenvalue weighted by atomic mass is 16.5. The molecule has 3 aliphatic heterocycles. The molecule has 2 unspecified atom stereocenters. The monoisotopic (exact) mass is 467 g/mol. The molecule has 1 saturated heterocycles. The zero-order valence-corrected chi connectivity index (χ0v) is 20.3. The van der Waals surface area contributed by atoms with Gasteiger partial charge >= 0.3 is 0 Å². The molecule has 35 heavy (non-hydrogen) atoms. The molecule has 0 radical (unpaired) electrons. The standard InChI is InChI=1S/C30H33N3O2/c1-34-23-11-12-29-26(18-23)24(25-9-5-16-31-28(25)19-35-29)8-4-7-22-13-15-30(20-32-22)27-10-3-2-6-21(27)14-17-33-30/h2-3,5-6,8-12,16,18,22,32-33H,4,7,13-15,17,19-20H2,1H3/b24-8+. The molecule has 1 spiro atoms. The molecule has 6 rings (SSSR count). The van der Waals surface area contributed by atoms with Crippen molar-refractivity contribution in [1.29, 1.82) is 0 Å². The van der Waals surface area contributed by atoms with Crippen LogP contribution in [0.2, 0.25) is 0 Å². The van der Waals surface area contributed by atoms with Crippen LogP contribution in [0.1, 0.15) is 53.6 Å².